The number of halogens is 2. The average molecular weight is 532 g/mol. The van der Waals surface area contributed by atoms with Crippen molar-refractivity contribution >= 4 is 30.0 Å². The number of anilines is 2. The molecule has 1 fully saturated rings. The molecule has 2 amide bonds. The van der Waals surface area contributed by atoms with Gasteiger partial charge in [0.05, 0.1) is 29.6 Å². The number of nitrogens with zero attached hydrogens (tertiary/aromatic N) is 1. The molecule has 11 heteroatoms. The first-order valence-electron chi connectivity index (χ1n) is 12.4. The van der Waals surface area contributed by atoms with Crippen LogP contribution in [0.2, 0.25) is 0 Å². The number of fused-ring (bicyclic) bond motifs is 1. The number of aliphatic imine (C=N–C) groups is 1. The Morgan fingerprint density at radius 1 is 1.26 bits per heavy atom. The lowest BCUT2D eigenvalue weighted by molar-refractivity contribution is -0.123. The second-order valence-electron chi connectivity index (χ2n) is 9.70. The number of nitrogens with one attached hydrogen (secondary N) is 3. The molecule has 0 spiro atoms. The fourth-order valence-corrected chi connectivity index (χ4v) is 4.14. The minimum Gasteiger partial charge on any atom is -0.491 e. The number of nitrogens with two attached hydrogens (primary N) is 1. The Morgan fingerprint density at radius 2 is 1.95 bits per heavy atom. The van der Waals surface area contributed by atoms with Crippen LogP contribution in [-0.4, -0.2) is 51.2 Å². The van der Waals surface area contributed by atoms with E-state index in [-0.39, 0.29) is 18.7 Å². The van der Waals surface area contributed by atoms with Crippen molar-refractivity contribution in [3.8, 4) is 5.75 Å². The van der Waals surface area contributed by atoms with Crippen molar-refractivity contribution in [1.82, 2.24) is 5.32 Å². The van der Waals surface area contributed by atoms with Gasteiger partial charge in [-0.15, -0.1) is 0 Å². The number of rotatable bonds is 11. The molecule has 1 unspecified atom stereocenters. The van der Waals surface area contributed by atoms with Gasteiger partial charge >= 0.3 is 0 Å². The molecule has 206 valence electrons. The summed E-state index contributed by atoms with van der Waals surface area (Å²) in [5.41, 5.74) is 4.93. The maximum absolute atomic E-state index is 15.0. The summed E-state index contributed by atoms with van der Waals surface area (Å²) in [5.74, 6) is -0.0873. The number of amides is 2. The summed E-state index contributed by atoms with van der Waals surface area (Å²) in [7, 11) is 1.58. The van der Waals surface area contributed by atoms with Crippen molar-refractivity contribution in [1.29, 1.82) is 0 Å². The van der Waals surface area contributed by atoms with Crippen molar-refractivity contribution in [2.24, 2.45) is 10.7 Å². The molecule has 2 aliphatic rings. The fraction of sp³-hybridized carbons (Fsp3) is 0.444. The Morgan fingerprint density at radius 3 is 2.55 bits per heavy atom. The first kappa shape index (κ1) is 28.8. The topological polar surface area (TPSA) is 127 Å². The van der Waals surface area contributed by atoms with Crippen LogP contribution < -0.4 is 26.4 Å². The van der Waals surface area contributed by atoms with E-state index < -0.39 is 23.1 Å². The quantitative estimate of drug-likeness (QED) is 0.258. The SMILES string of the molecule is COCCOc1cc(F)c2c(c1)NC=NC2Nc1ccc(C2(C(=O)NCCC(C)(C)F)CC2)cc1.NC=O. The van der Waals surface area contributed by atoms with Gasteiger partial charge < -0.3 is 31.2 Å². The highest BCUT2D eigenvalue weighted by Crippen LogP contribution is 2.48. The Hall–Kier alpha value is -3.73. The van der Waals surface area contributed by atoms with Gasteiger partial charge in [0, 0.05) is 31.5 Å². The van der Waals surface area contributed by atoms with Crippen molar-refractivity contribution in [2.45, 2.75) is 50.4 Å². The molecule has 1 atom stereocenters. The maximum atomic E-state index is 15.0. The van der Waals surface area contributed by atoms with Gasteiger partial charge in [-0.1, -0.05) is 12.1 Å². The summed E-state index contributed by atoms with van der Waals surface area (Å²) in [6.45, 7) is 4.05. The number of carbonyl (C=O) groups is 2. The first-order chi connectivity index (χ1) is 18.1. The summed E-state index contributed by atoms with van der Waals surface area (Å²) in [6, 6.07) is 10.6. The third-order valence-corrected chi connectivity index (χ3v) is 6.31. The molecule has 0 saturated heterocycles. The van der Waals surface area contributed by atoms with E-state index in [1.54, 1.807) is 13.2 Å². The van der Waals surface area contributed by atoms with E-state index in [2.05, 4.69) is 26.7 Å². The molecule has 4 rings (SSSR count). The van der Waals surface area contributed by atoms with E-state index in [0.29, 0.717) is 36.8 Å². The van der Waals surface area contributed by atoms with Gasteiger partial charge in [0.15, 0.2) is 6.17 Å². The van der Waals surface area contributed by atoms with E-state index in [1.807, 2.05) is 24.3 Å². The lowest BCUT2D eigenvalue weighted by atomic mass is 9.94. The molecule has 1 saturated carbocycles. The average Bonchev–Trinajstić information content (AvgIpc) is 3.67. The fourth-order valence-electron chi connectivity index (χ4n) is 4.14. The van der Waals surface area contributed by atoms with Gasteiger partial charge in [-0.3, -0.25) is 9.59 Å². The predicted octanol–water partition coefficient (Wildman–Crippen LogP) is 3.80. The molecular weight excluding hydrogens is 496 g/mol. The van der Waals surface area contributed by atoms with E-state index in [4.69, 9.17) is 14.3 Å². The van der Waals surface area contributed by atoms with Crippen LogP contribution in [0.3, 0.4) is 0 Å². The zero-order valence-corrected chi connectivity index (χ0v) is 21.9. The number of primary amides is 1. The predicted molar refractivity (Wildman–Crippen MR) is 143 cm³/mol. The Labute approximate surface area is 221 Å². The number of ether oxygens (including phenoxy) is 2. The Kier molecular flexibility index (Phi) is 9.62. The highest BCUT2D eigenvalue weighted by Gasteiger charge is 2.51. The summed E-state index contributed by atoms with van der Waals surface area (Å²) >= 11 is 0. The van der Waals surface area contributed by atoms with E-state index in [0.717, 1.165) is 24.1 Å². The number of hydrogen-bond donors (Lipinski definition) is 4. The van der Waals surface area contributed by atoms with Gasteiger partial charge in [-0.25, -0.2) is 13.8 Å². The third-order valence-electron chi connectivity index (χ3n) is 6.31. The number of methoxy groups -OCH3 is 1. The van der Waals surface area contributed by atoms with E-state index in [9.17, 15) is 13.6 Å². The molecule has 1 aliphatic heterocycles. The number of hydrogen-bond acceptors (Lipinski definition) is 7. The Balaban J connectivity index is 0.00000127. The third kappa shape index (κ3) is 7.41. The molecule has 38 heavy (non-hydrogen) atoms. The number of benzene rings is 2. The molecule has 1 aliphatic carbocycles. The molecule has 0 aromatic heterocycles. The van der Waals surface area contributed by atoms with Crippen molar-refractivity contribution in [3.63, 3.8) is 0 Å². The van der Waals surface area contributed by atoms with Crippen LogP contribution in [0.4, 0.5) is 20.2 Å². The van der Waals surface area contributed by atoms with Gasteiger partial charge in [-0.05, 0) is 50.8 Å². The molecule has 2 aromatic carbocycles. The summed E-state index contributed by atoms with van der Waals surface area (Å²) in [4.78, 5) is 25.7. The van der Waals surface area contributed by atoms with Crippen LogP contribution in [0.15, 0.2) is 41.4 Å². The lowest BCUT2D eigenvalue weighted by Gasteiger charge is -2.24. The molecule has 0 bridgehead atoms. The number of carbonyl (C=O) groups excluding carboxylic acids is 2. The van der Waals surface area contributed by atoms with Crippen LogP contribution in [0.5, 0.6) is 5.75 Å². The summed E-state index contributed by atoms with van der Waals surface area (Å²) in [6.07, 6.45) is 2.95. The molecule has 2 aromatic rings. The van der Waals surface area contributed by atoms with Crippen molar-refractivity contribution in [3.05, 3.63) is 53.3 Å². The first-order valence-corrected chi connectivity index (χ1v) is 12.4. The highest BCUT2D eigenvalue weighted by atomic mass is 19.1. The molecule has 9 nitrogen and oxygen atoms in total. The zero-order valence-electron chi connectivity index (χ0n) is 21.9. The Bertz CT molecular complexity index is 1130. The normalized spacial score (nSPS) is 16.7. The van der Waals surface area contributed by atoms with Crippen molar-refractivity contribution < 1.29 is 27.8 Å². The van der Waals surface area contributed by atoms with Gasteiger partial charge in [0.25, 0.3) is 0 Å². The minimum absolute atomic E-state index is 0.0649. The van der Waals surface area contributed by atoms with E-state index >= 15 is 0 Å². The summed E-state index contributed by atoms with van der Waals surface area (Å²) < 4.78 is 39.2. The van der Waals surface area contributed by atoms with Crippen LogP contribution in [-0.2, 0) is 19.7 Å². The van der Waals surface area contributed by atoms with Crippen molar-refractivity contribution in [2.75, 3.05) is 37.5 Å². The zero-order chi connectivity index (χ0) is 27.8. The van der Waals surface area contributed by atoms with Gasteiger partial charge in [-0.2, -0.15) is 0 Å². The number of alkyl halides is 1. The van der Waals surface area contributed by atoms with Crippen LogP contribution in [0.1, 0.15) is 50.4 Å². The van der Waals surface area contributed by atoms with Crippen LogP contribution >= 0.6 is 0 Å². The second kappa shape index (κ2) is 12.7. The maximum Gasteiger partial charge on any atom is 0.230 e. The minimum atomic E-state index is -1.31. The van der Waals surface area contributed by atoms with Gasteiger partial charge in [0.2, 0.25) is 12.3 Å². The molecule has 0 radical (unpaired) electrons. The second-order valence-corrected chi connectivity index (χ2v) is 9.70. The smallest absolute Gasteiger partial charge is 0.230 e. The standard InChI is InChI=1S/C26H32F2N4O3.CH3NO/c1-25(2,28)10-11-29-24(33)26(8-9-26)17-4-6-18(7-5-17)32-23-22-20(27)14-19(35-13-12-34-3)15-21(22)30-16-31-23;2-1-3/h4-7,14-16,23,32H,8-13H2,1-3H3,(H,29,33)(H,30,31);1H,(H2,2,3). The van der Waals surface area contributed by atoms with Crippen LogP contribution in [0, 0.1) is 5.82 Å². The largest absolute Gasteiger partial charge is 0.491 e. The highest BCUT2D eigenvalue weighted by molar-refractivity contribution is 5.91. The summed E-state index contributed by atoms with van der Waals surface area (Å²) in [5, 5.41) is 9.10. The van der Waals surface area contributed by atoms with E-state index in [1.165, 1.54) is 26.3 Å². The van der Waals surface area contributed by atoms with Crippen LogP contribution in [0.25, 0.3) is 0 Å². The van der Waals surface area contributed by atoms with Gasteiger partial charge in [0.1, 0.15) is 23.8 Å². The lowest BCUT2D eigenvalue weighted by Crippen LogP contribution is -2.37. The molecular formula is C27H35F2N5O4. The molecule has 1 heterocycles. The monoisotopic (exact) mass is 531 g/mol. The molecule has 5 N–H and O–H groups in total.